The van der Waals surface area contributed by atoms with Crippen LogP contribution in [0.15, 0.2) is 60.9 Å². The Morgan fingerprint density at radius 1 is 0.933 bits per heavy atom. The molecule has 0 atom stereocenters. The first-order chi connectivity index (χ1) is 14.8. The van der Waals surface area contributed by atoms with Crippen LogP contribution in [-0.2, 0) is 6.54 Å². The van der Waals surface area contributed by atoms with Crippen molar-refractivity contribution in [3.63, 3.8) is 0 Å². The summed E-state index contributed by atoms with van der Waals surface area (Å²) in [6.07, 6.45) is 8.80. The third-order valence-corrected chi connectivity index (χ3v) is 5.57. The summed E-state index contributed by atoms with van der Waals surface area (Å²) < 4.78 is 5.95. The Bertz CT molecular complexity index is 1100. The maximum atomic E-state index is 5.95. The lowest BCUT2D eigenvalue weighted by atomic mass is 10.2. The molecule has 30 heavy (non-hydrogen) atoms. The van der Waals surface area contributed by atoms with Crippen molar-refractivity contribution < 1.29 is 4.74 Å². The van der Waals surface area contributed by atoms with Gasteiger partial charge in [0.05, 0.1) is 16.9 Å². The van der Waals surface area contributed by atoms with E-state index in [1.54, 1.807) is 12.4 Å². The summed E-state index contributed by atoms with van der Waals surface area (Å²) in [6.45, 7) is 3.29. The average Bonchev–Trinajstić information content (AvgIpc) is 3.20. The number of pyridine rings is 2. The van der Waals surface area contributed by atoms with E-state index in [4.69, 9.17) is 9.72 Å². The molecule has 5 rings (SSSR count). The van der Waals surface area contributed by atoms with Gasteiger partial charge in [-0.2, -0.15) is 5.10 Å². The summed E-state index contributed by atoms with van der Waals surface area (Å²) in [7, 11) is 0. The average molecular weight is 399 g/mol. The van der Waals surface area contributed by atoms with Crippen LogP contribution in [0.3, 0.4) is 0 Å². The zero-order chi connectivity index (χ0) is 20.2. The monoisotopic (exact) mass is 399 g/mol. The van der Waals surface area contributed by atoms with Crippen molar-refractivity contribution in [1.82, 2.24) is 25.1 Å². The van der Waals surface area contributed by atoms with Crippen LogP contribution < -0.4 is 4.74 Å². The maximum Gasteiger partial charge on any atom is 0.219 e. The van der Waals surface area contributed by atoms with Gasteiger partial charge in [-0.15, -0.1) is 0 Å². The van der Waals surface area contributed by atoms with Gasteiger partial charge in [0.15, 0.2) is 0 Å². The van der Waals surface area contributed by atoms with E-state index in [0.717, 1.165) is 40.1 Å². The van der Waals surface area contributed by atoms with E-state index in [0.29, 0.717) is 5.88 Å². The van der Waals surface area contributed by atoms with E-state index < -0.39 is 0 Å². The molecule has 0 amide bonds. The minimum Gasteiger partial charge on any atom is -0.439 e. The van der Waals surface area contributed by atoms with Crippen LogP contribution in [0.2, 0.25) is 0 Å². The lowest BCUT2D eigenvalue weighted by molar-refractivity contribution is 0.274. The number of aromatic nitrogens is 4. The summed E-state index contributed by atoms with van der Waals surface area (Å²) in [4.78, 5) is 11.8. The molecule has 0 saturated carbocycles. The molecule has 152 valence electrons. The molecule has 0 bridgehead atoms. The number of aromatic amines is 1. The molecule has 0 radical (unpaired) electrons. The minimum atomic E-state index is 0.559. The fraction of sp³-hybridized carbons (Fsp3) is 0.292. The molecular formula is C24H25N5O. The van der Waals surface area contributed by atoms with Gasteiger partial charge in [-0.25, -0.2) is 4.98 Å². The molecule has 1 aliphatic heterocycles. The van der Waals surface area contributed by atoms with Gasteiger partial charge in [-0.3, -0.25) is 15.0 Å². The topological polar surface area (TPSA) is 66.9 Å². The fourth-order valence-corrected chi connectivity index (χ4v) is 3.96. The van der Waals surface area contributed by atoms with Gasteiger partial charge in [-0.1, -0.05) is 18.9 Å². The van der Waals surface area contributed by atoms with Gasteiger partial charge in [-0.05, 0) is 62.3 Å². The van der Waals surface area contributed by atoms with Crippen LogP contribution in [0.5, 0.6) is 11.6 Å². The van der Waals surface area contributed by atoms with Gasteiger partial charge < -0.3 is 4.74 Å². The van der Waals surface area contributed by atoms with Crippen molar-refractivity contribution in [3.05, 3.63) is 66.6 Å². The standard InChI is InChI=1S/C24H25N5O/c1-2-4-14-29(13-3-1)17-20-7-5-18-15-21(8-9-22(18)27-20)30-24-10-6-19(16-25-24)23-11-12-26-28-23/h5-12,15-16H,1-4,13-14,17H2,(H,26,28). The molecule has 0 aliphatic carbocycles. The maximum absolute atomic E-state index is 5.95. The van der Waals surface area contributed by atoms with Crippen molar-refractivity contribution in [2.45, 2.75) is 32.2 Å². The van der Waals surface area contributed by atoms with E-state index >= 15 is 0 Å². The van der Waals surface area contributed by atoms with Gasteiger partial charge in [0, 0.05) is 36.0 Å². The second-order valence-electron chi connectivity index (χ2n) is 7.80. The number of rotatable bonds is 5. The molecular weight excluding hydrogens is 374 g/mol. The molecule has 6 nitrogen and oxygen atoms in total. The summed E-state index contributed by atoms with van der Waals surface area (Å²) in [5.41, 5.74) is 4.03. The number of likely N-dealkylation sites (tertiary alicyclic amines) is 1. The second-order valence-corrected chi connectivity index (χ2v) is 7.80. The molecule has 1 N–H and O–H groups in total. The number of nitrogens with one attached hydrogen (secondary N) is 1. The highest BCUT2D eigenvalue weighted by Gasteiger charge is 2.11. The Hall–Kier alpha value is -3.25. The predicted molar refractivity (Wildman–Crippen MR) is 117 cm³/mol. The predicted octanol–water partition coefficient (Wildman–Crippen LogP) is 5.19. The van der Waals surface area contributed by atoms with Gasteiger partial charge in [0.2, 0.25) is 5.88 Å². The first kappa shape index (κ1) is 18.8. The number of hydrogen-bond acceptors (Lipinski definition) is 5. The van der Waals surface area contributed by atoms with Gasteiger partial charge in [0.1, 0.15) is 5.75 Å². The molecule has 4 heterocycles. The number of H-pyrrole nitrogens is 1. The third-order valence-electron chi connectivity index (χ3n) is 5.57. The smallest absolute Gasteiger partial charge is 0.219 e. The lowest BCUT2D eigenvalue weighted by Gasteiger charge is -2.19. The summed E-state index contributed by atoms with van der Waals surface area (Å²) >= 11 is 0. The van der Waals surface area contributed by atoms with E-state index in [9.17, 15) is 0 Å². The summed E-state index contributed by atoms with van der Waals surface area (Å²) in [5.74, 6) is 1.31. The van der Waals surface area contributed by atoms with Crippen molar-refractivity contribution in [2.24, 2.45) is 0 Å². The van der Waals surface area contributed by atoms with Crippen molar-refractivity contribution in [1.29, 1.82) is 0 Å². The Morgan fingerprint density at radius 2 is 1.83 bits per heavy atom. The molecule has 1 aliphatic rings. The summed E-state index contributed by atoms with van der Waals surface area (Å²) in [6, 6.07) is 16.0. The van der Waals surface area contributed by atoms with E-state index in [2.05, 4.69) is 32.2 Å². The number of ether oxygens (including phenoxy) is 1. The molecule has 4 aromatic rings. The number of benzene rings is 1. The highest BCUT2D eigenvalue weighted by molar-refractivity contribution is 5.80. The Morgan fingerprint density at radius 3 is 2.60 bits per heavy atom. The molecule has 1 fully saturated rings. The first-order valence-electron chi connectivity index (χ1n) is 10.6. The zero-order valence-electron chi connectivity index (χ0n) is 16.9. The van der Waals surface area contributed by atoms with Crippen molar-refractivity contribution in [2.75, 3.05) is 13.1 Å². The van der Waals surface area contributed by atoms with Gasteiger partial charge in [0.25, 0.3) is 0 Å². The third kappa shape index (κ3) is 4.33. The molecule has 1 aromatic carbocycles. The highest BCUT2D eigenvalue weighted by Crippen LogP contribution is 2.26. The molecule has 1 saturated heterocycles. The zero-order valence-corrected chi connectivity index (χ0v) is 16.9. The van der Waals surface area contributed by atoms with E-state index in [-0.39, 0.29) is 0 Å². The lowest BCUT2D eigenvalue weighted by Crippen LogP contribution is -2.24. The van der Waals surface area contributed by atoms with Crippen LogP contribution in [0.25, 0.3) is 22.2 Å². The Balaban J connectivity index is 1.29. The second kappa shape index (κ2) is 8.63. The van der Waals surface area contributed by atoms with Crippen molar-refractivity contribution >= 4 is 10.9 Å². The quantitative estimate of drug-likeness (QED) is 0.500. The Kier molecular flexibility index (Phi) is 5.40. The molecule has 0 spiro atoms. The summed E-state index contributed by atoms with van der Waals surface area (Å²) in [5, 5.41) is 7.97. The number of hydrogen-bond donors (Lipinski definition) is 1. The van der Waals surface area contributed by atoms with Crippen molar-refractivity contribution in [3.8, 4) is 22.9 Å². The SMILES string of the molecule is c1cc(-c2ccc(Oc3ccc4nc(CN5CCCCCC5)ccc4c3)nc2)[nH]n1. The van der Waals surface area contributed by atoms with Crippen LogP contribution >= 0.6 is 0 Å². The normalized spacial score (nSPS) is 15.2. The minimum absolute atomic E-state index is 0.559. The van der Waals surface area contributed by atoms with Crippen LogP contribution in [0.4, 0.5) is 0 Å². The van der Waals surface area contributed by atoms with E-state index in [1.807, 2.05) is 36.4 Å². The van der Waals surface area contributed by atoms with Crippen LogP contribution in [0, 0.1) is 0 Å². The largest absolute Gasteiger partial charge is 0.439 e. The molecule has 6 heteroatoms. The number of fused-ring (bicyclic) bond motifs is 1. The van der Waals surface area contributed by atoms with Gasteiger partial charge >= 0.3 is 0 Å². The van der Waals surface area contributed by atoms with Crippen LogP contribution in [0.1, 0.15) is 31.4 Å². The molecule has 3 aromatic heterocycles. The first-order valence-corrected chi connectivity index (χ1v) is 10.6. The fourth-order valence-electron chi connectivity index (χ4n) is 3.96. The van der Waals surface area contributed by atoms with E-state index in [1.165, 1.54) is 38.8 Å². The highest BCUT2D eigenvalue weighted by atomic mass is 16.5. The molecule has 0 unspecified atom stereocenters. The van der Waals surface area contributed by atoms with Crippen LogP contribution in [-0.4, -0.2) is 38.2 Å². The Labute approximate surface area is 175 Å². The number of nitrogens with zero attached hydrogens (tertiary/aromatic N) is 4.